The SMILES string of the molecule is COC(=O)c1c(NC(=O)c2ccc(OC)cc2)c2cc(N[C@@H](C)C(C)(C)O)cnc2n1C. The van der Waals surface area contributed by atoms with Gasteiger partial charge in [0.15, 0.2) is 5.69 Å². The van der Waals surface area contributed by atoms with Crippen LogP contribution in [0.5, 0.6) is 5.75 Å². The first-order chi connectivity index (χ1) is 15.1. The number of ether oxygens (including phenoxy) is 2. The minimum atomic E-state index is -0.964. The van der Waals surface area contributed by atoms with Crippen molar-refractivity contribution in [1.29, 1.82) is 0 Å². The van der Waals surface area contributed by atoms with Crippen LogP contribution in [0.2, 0.25) is 0 Å². The Hall–Kier alpha value is -3.59. The van der Waals surface area contributed by atoms with Crippen LogP contribution in [0.25, 0.3) is 11.0 Å². The highest BCUT2D eigenvalue weighted by Gasteiger charge is 2.26. The molecular formula is C23H28N4O5. The van der Waals surface area contributed by atoms with Gasteiger partial charge in [-0.15, -0.1) is 0 Å². The smallest absolute Gasteiger partial charge is 0.356 e. The second kappa shape index (κ2) is 8.88. The summed E-state index contributed by atoms with van der Waals surface area (Å²) in [4.78, 5) is 29.9. The van der Waals surface area contributed by atoms with Crippen molar-refractivity contribution >= 4 is 34.3 Å². The predicted octanol–water partition coefficient (Wildman–Crippen LogP) is 3.19. The number of methoxy groups -OCH3 is 2. The van der Waals surface area contributed by atoms with Gasteiger partial charge in [-0.3, -0.25) is 4.79 Å². The molecule has 0 aliphatic carbocycles. The van der Waals surface area contributed by atoms with Crippen molar-refractivity contribution in [1.82, 2.24) is 9.55 Å². The molecule has 0 aliphatic heterocycles. The summed E-state index contributed by atoms with van der Waals surface area (Å²) < 4.78 is 11.7. The molecule has 0 saturated heterocycles. The number of carbonyl (C=O) groups excluding carboxylic acids is 2. The van der Waals surface area contributed by atoms with E-state index in [-0.39, 0.29) is 11.7 Å². The second-order valence-corrected chi connectivity index (χ2v) is 8.07. The van der Waals surface area contributed by atoms with Crippen molar-refractivity contribution in [3.8, 4) is 5.75 Å². The number of aryl methyl sites for hydroxylation is 1. The maximum Gasteiger partial charge on any atom is 0.356 e. The second-order valence-electron chi connectivity index (χ2n) is 8.07. The van der Waals surface area contributed by atoms with Crippen LogP contribution < -0.4 is 15.4 Å². The fourth-order valence-electron chi connectivity index (χ4n) is 3.21. The lowest BCUT2D eigenvalue weighted by atomic mass is 10.0. The molecule has 1 aromatic carbocycles. The molecular weight excluding hydrogens is 412 g/mol. The van der Waals surface area contributed by atoms with Crippen LogP contribution in [0.15, 0.2) is 36.5 Å². The number of esters is 1. The van der Waals surface area contributed by atoms with E-state index in [0.29, 0.717) is 33.7 Å². The Morgan fingerprint density at radius 2 is 1.84 bits per heavy atom. The number of aromatic nitrogens is 2. The molecule has 0 radical (unpaired) electrons. The molecule has 1 atom stereocenters. The van der Waals surface area contributed by atoms with Crippen molar-refractivity contribution in [2.75, 3.05) is 24.9 Å². The Labute approximate surface area is 186 Å². The van der Waals surface area contributed by atoms with Crippen LogP contribution in [-0.4, -0.2) is 52.4 Å². The molecule has 2 aromatic heterocycles. The van der Waals surface area contributed by atoms with Gasteiger partial charge in [-0.1, -0.05) is 0 Å². The molecule has 3 rings (SSSR count). The lowest BCUT2D eigenvalue weighted by Crippen LogP contribution is -2.39. The molecule has 0 fully saturated rings. The van der Waals surface area contributed by atoms with Crippen LogP contribution in [0.3, 0.4) is 0 Å². The molecule has 9 heteroatoms. The quantitative estimate of drug-likeness (QED) is 0.483. The summed E-state index contributed by atoms with van der Waals surface area (Å²) in [5.74, 6) is -0.369. The van der Waals surface area contributed by atoms with Crippen LogP contribution >= 0.6 is 0 Å². The number of nitrogens with zero attached hydrogens (tertiary/aromatic N) is 2. The molecule has 2 heterocycles. The van der Waals surface area contributed by atoms with Crippen molar-refractivity contribution < 1.29 is 24.2 Å². The largest absolute Gasteiger partial charge is 0.497 e. The summed E-state index contributed by atoms with van der Waals surface area (Å²) in [6.45, 7) is 5.26. The number of anilines is 2. The van der Waals surface area contributed by atoms with Crippen LogP contribution in [0.4, 0.5) is 11.4 Å². The summed E-state index contributed by atoms with van der Waals surface area (Å²) in [5, 5.41) is 16.8. The van der Waals surface area contributed by atoms with Gasteiger partial charge in [-0.25, -0.2) is 9.78 Å². The van der Waals surface area contributed by atoms with Crippen molar-refractivity contribution in [2.45, 2.75) is 32.4 Å². The third-order valence-electron chi connectivity index (χ3n) is 5.44. The zero-order valence-electron chi connectivity index (χ0n) is 19.0. The summed E-state index contributed by atoms with van der Waals surface area (Å²) in [7, 11) is 4.50. The highest BCUT2D eigenvalue weighted by atomic mass is 16.5. The molecule has 0 saturated carbocycles. The van der Waals surface area contributed by atoms with E-state index in [4.69, 9.17) is 9.47 Å². The standard InChI is InChI=1S/C23H28N4O5/c1-13(23(2,3)30)25-15-11-17-18(19(22(29)32-6)27(4)20(17)24-12-15)26-21(28)14-7-9-16(31-5)10-8-14/h7-13,25,30H,1-6H3,(H,26,28)/t13-/m0/s1. The average molecular weight is 441 g/mol. The number of amides is 1. The Bertz CT molecular complexity index is 1150. The number of hydrogen-bond acceptors (Lipinski definition) is 7. The van der Waals surface area contributed by atoms with E-state index in [1.165, 1.54) is 7.11 Å². The normalized spacial score (nSPS) is 12.3. The fraction of sp³-hybridized carbons (Fsp3) is 0.348. The van der Waals surface area contributed by atoms with Crippen LogP contribution in [-0.2, 0) is 11.8 Å². The number of aliphatic hydroxyl groups is 1. The average Bonchev–Trinajstić information content (AvgIpc) is 3.03. The van der Waals surface area contributed by atoms with Gasteiger partial charge in [0, 0.05) is 18.0 Å². The molecule has 3 N–H and O–H groups in total. The highest BCUT2D eigenvalue weighted by molar-refractivity contribution is 6.14. The minimum absolute atomic E-state index is 0.171. The topological polar surface area (TPSA) is 115 Å². The Kier molecular flexibility index (Phi) is 6.40. The summed E-state index contributed by atoms with van der Waals surface area (Å²) in [5.41, 5.74) is 1.03. The first-order valence-corrected chi connectivity index (χ1v) is 10.1. The summed E-state index contributed by atoms with van der Waals surface area (Å²) >= 11 is 0. The first kappa shape index (κ1) is 23.1. The van der Waals surface area contributed by atoms with Gasteiger partial charge in [0.2, 0.25) is 0 Å². The van der Waals surface area contributed by atoms with Crippen molar-refractivity contribution in [3.63, 3.8) is 0 Å². The number of fused-ring (bicyclic) bond motifs is 1. The molecule has 170 valence electrons. The maximum absolute atomic E-state index is 12.9. The number of nitrogens with one attached hydrogen (secondary N) is 2. The predicted molar refractivity (Wildman–Crippen MR) is 122 cm³/mol. The Morgan fingerprint density at radius 3 is 2.41 bits per heavy atom. The molecule has 3 aromatic rings. The van der Waals surface area contributed by atoms with Gasteiger partial charge < -0.3 is 29.8 Å². The summed E-state index contributed by atoms with van der Waals surface area (Å²) in [6, 6.07) is 8.13. The number of benzene rings is 1. The fourth-order valence-corrected chi connectivity index (χ4v) is 3.21. The van der Waals surface area contributed by atoms with Crippen LogP contribution in [0.1, 0.15) is 41.6 Å². The van der Waals surface area contributed by atoms with E-state index in [1.54, 1.807) is 69.1 Å². The Balaban J connectivity index is 2.07. The number of carbonyl (C=O) groups is 2. The molecule has 1 amide bonds. The lowest BCUT2D eigenvalue weighted by Gasteiger charge is -2.27. The number of pyridine rings is 1. The molecule has 9 nitrogen and oxygen atoms in total. The molecule has 0 bridgehead atoms. The third kappa shape index (κ3) is 4.52. The third-order valence-corrected chi connectivity index (χ3v) is 5.44. The van der Waals surface area contributed by atoms with E-state index < -0.39 is 17.5 Å². The van der Waals surface area contributed by atoms with E-state index in [1.807, 2.05) is 6.92 Å². The van der Waals surface area contributed by atoms with Crippen molar-refractivity contribution in [3.05, 3.63) is 47.8 Å². The first-order valence-electron chi connectivity index (χ1n) is 10.1. The maximum atomic E-state index is 12.9. The molecule has 0 spiro atoms. The van der Waals surface area contributed by atoms with Gasteiger partial charge in [0.1, 0.15) is 11.4 Å². The zero-order valence-corrected chi connectivity index (χ0v) is 19.0. The monoisotopic (exact) mass is 440 g/mol. The lowest BCUT2D eigenvalue weighted by molar-refractivity contribution is 0.0591. The molecule has 0 aliphatic rings. The van der Waals surface area contributed by atoms with Gasteiger partial charge in [-0.2, -0.15) is 0 Å². The zero-order chi connectivity index (χ0) is 23.6. The van der Waals surface area contributed by atoms with Crippen LogP contribution in [0, 0.1) is 0 Å². The van der Waals surface area contributed by atoms with Gasteiger partial charge in [0.05, 0.1) is 43.4 Å². The molecule has 0 unspecified atom stereocenters. The van der Waals surface area contributed by atoms with Gasteiger partial charge in [-0.05, 0) is 51.1 Å². The van der Waals surface area contributed by atoms with E-state index in [0.717, 1.165) is 0 Å². The highest BCUT2D eigenvalue weighted by Crippen LogP contribution is 2.32. The van der Waals surface area contributed by atoms with E-state index in [2.05, 4.69) is 15.6 Å². The van der Waals surface area contributed by atoms with Gasteiger partial charge >= 0.3 is 5.97 Å². The Morgan fingerprint density at radius 1 is 1.19 bits per heavy atom. The number of rotatable bonds is 7. The number of hydrogen-bond donors (Lipinski definition) is 3. The van der Waals surface area contributed by atoms with E-state index in [9.17, 15) is 14.7 Å². The molecule has 32 heavy (non-hydrogen) atoms. The minimum Gasteiger partial charge on any atom is -0.497 e. The van der Waals surface area contributed by atoms with Crippen molar-refractivity contribution in [2.24, 2.45) is 7.05 Å². The van der Waals surface area contributed by atoms with E-state index >= 15 is 0 Å². The van der Waals surface area contributed by atoms with Gasteiger partial charge in [0.25, 0.3) is 5.91 Å². The summed E-state index contributed by atoms with van der Waals surface area (Å²) in [6.07, 6.45) is 1.61.